The first-order chi connectivity index (χ1) is 11.3. The molecular weight excluding hydrogens is 310 g/mol. The van der Waals surface area contributed by atoms with Crippen LogP contribution >= 0.6 is 0 Å². The molecule has 0 N–H and O–H groups in total. The van der Waals surface area contributed by atoms with Crippen LogP contribution in [0.15, 0.2) is 4.99 Å². The van der Waals surface area contributed by atoms with Crippen molar-refractivity contribution in [3.63, 3.8) is 0 Å². The molecule has 0 aliphatic carbocycles. The lowest BCUT2D eigenvalue weighted by Crippen LogP contribution is -2.61. The molecule has 3 aliphatic rings. The number of imide groups is 1. The normalized spacial score (nSPS) is 31.7. The van der Waals surface area contributed by atoms with Crippen LogP contribution < -0.4 is 0 Å². The Kier molecular flexibility index (Phi) is 4.44. The van der Waals surface area contributed by atoms with Crippen molar-refractivity contribution in [2.75, 3.05) is 40.3 Å². The number of ether oxygens (including phenoxy) is 1. The van der Waals surface area contributed by atoms with Crippen LogP contribution in [0, 0.1) is 0 Å². The molecule has 3 unspecified atom stereocenters. The van der Waals surface area contributed by atoms with E-state index in [1.54, 1.807) is 7.05 Å². The average molecular weight is 336 g/mol. The van der Waals surface area contributed by atoms with Gasteiger partial charge in [-0.15, -0.1) is 0 Å². The van der Waals surface area contributed by atoms with E-state index in [-0.39, 0.29) is 24.1 Å². The maximum atomic E-state index is 12.6. The van der Waals surface area contributed by atoms with Crippen LogP contribution in [0.25, 0.3) is 0 Å². The van der Waals surface area contributed by atoms with Gasteiger partial charge in [0.05, 0.1) is 18.8 Å². The number of nitrogens with zero attached hydrogens (tertiary/aromatic N) is 5. The number of amides is 3. The van der Waals surface area contributed by atoms with Gasteiger partial charge in [-0.3, -0.25) is 19.5 Å². The van der Waals surface area contributed by atoms with Gasteiger partial charge in [-0.05, 0) is 25.8 Å². The monoisotopic (exact) mass is 336 g/mol. The molecule has 3 aliphatic heterocycles. The fraction of sp³-hybridized carbons (Fsp3) is 0.750. The van der Waals surface area contributed by atoms with Gasteiger partial charge in [0.25, 0.3) is 17.8 Å². The SMILES string of the molecule is CC[N+]1=C(CN2CC(C)OC(C)C2)N=C2C1C(=O)N(C)C(=O)N2C. The van der Waals surface area contributed by atoms with Gasteiger partial charge < -0.3 is 4.74 Å². The van der Waals surface area contributed by atoms with E-state index in [1.165, 1.54) is 16.8 Å². The minimum absolute atomic E-state index is 0.178. The number of morpholine rings is 1. The predicted octanol–water partition coefficient (Wildman–Crippen LogP) is -0.169. The molecule has 8 heteroatoms. The molecule has 2 fully saturated rings. The molecule has 3 amide bonds. The first-order valence-corrected chi connectivity index (χ1v) is 8.47. The van der Waals surface area contributed by atoms with Crippen molar-refractivity contribution in [1.82, 2.24) is 14.7 Å². The molecule has 3 atom stereocenters. The number of fused-ring (bicyclic) bond motifs is 1. The Hall–Kier alpha value is -1.80. The molecule has 0 aromatic heterocycles. The van der Waals surface area contributed by atoms with Gasteiger partial charge >= 0.3 is 11.9 Å². The minimum Gasteiger partial charge on any atom is -0.373 e. The number of urea groups is 1. The van der Waals surface area contributed by atoms with Crippen LogP contribution in [-0.2, 0) is 9.53 Å². The van der Waals surface area contributed by atoms with Crippen LogP contribution in [0.3, 0.4) is 0 Å². The predicted molar refractivity (Wildman–Crippen MR) is 89.4 cm³/mol. The van der Waals surface area contributed by atoms with Gasteiger partial charge in [0.2, 0.25) is 0 Å². The Morgan fingerprint density at radius 2 is 1.79 bits per heavy atom. The summed E-state index contributed by atoms with van der Waals surface area (Å²) in [7, 11) is 3.20. The standard InChI is InChI=1S/C16H26N5O3/c1-6-21-12(9-20-7-10(2)24-11(3)8-20)17-14-13(21)15(22)19(5)16(23)18(14)4/h10-11,13H,6-9H2,1-5H3/q+1. The van der Waals surface area contributed by atoms with Crippen molar-refractivity contribution in [3.8, 4) is 0 Å². The molecule has 0 spiro atoms. The minimum atomic E-state index is -0.492. The van der Waals surface area contributed by atoms with E-state index in [9.17, 15) is 9.59 Å². The maximum absolute atomic E-state index is 12.6. The lowest BCUT2D eigenvalue weighted by atomic mass is 10.1. The van der Waals surface area contributed by atoms with Crippen molar-refractivity contribution in [2.24, 2.45) is 4.99 Å². The van der Waals surface area contributed by atoms with Crippen LogP contribution in [0.4, 0.5) is 4.79 Å². The highest BCUT2D eigenvalue weighted by atomic mass is 16.5. The highest BCUT2D eigenvalue weighted by Crippen LogP contribution is 2.20. The van der Waals surface area contributed by atoms with Gasteiger partial charge in [-0.1, -0.05) is 0 Å². The molecular formula is C16H26N5O3+. The number of carbonyl (C=O) groups excluding carboxylic acids is 2. The Morgan fingerprint density at radius 3 is 2.38 bits per heavy atom. The lowest BCUT2D eigenvalue weighted by Gasteiger charge is -2.34. The first-order valence-electron chi connectivity index (χ1n) is 8.47. The number of likely N-dealkylation sites (N-methyl/N-ethyl adjacent to an activating group) is 3. The summed E-state index contributed by atoms with van der Waals surface area (Å²) in [5.41, 5.74) is 0. The summed E-state index contributed by atoms with van der Waals surface area (Å²) < 4.78 is 7.78. The zero-order chi connectivity index (χ0) is 17.6. The molecule has 2 saturated heterocycles. The van der Waals surface area contributed by atoms with Gasteiger partial charge in [0.1, 0.15) is 6.54 Å². The Morgan fingerprint density at radius 1 is 1.17 bits per heavy atom. The molecule has 132 valence electrons. The van der Waals surface area contributed by atoms with Crippen LogP contribution in [-0.4, -0.2) is 101 Å². The highest BCUT2D eigenvalue weighted by molar-refractivity contribution is 6.23. The topological polar surface area (TPSA) is 68.5 Å². The van der Waals surface area contributed by atoms with Gasteiger partial charge in [-0.25, -0.2) is 9.37 Å². The first kappa shape index (κ1) is 17.0. The van der Waals surface area contributed by atoms with Gasteiger partial charge in [-0.2, -0.15) is 0 Å². The molecule has 0 aromatic rings. The van der Waals surface area contributed by atoms with Crippen molar-refractivity contribution in [3.05, 3.63) is 0 Å². The third-order valence-corrected chi connectivity index (χ3v) is 4.81. The van der Waals surface area contributed by atoms with Crippen molar-refractivity contribution >= 4 is 23.6 Å². The molecule has 0 saturated carbocycles. The second-order valence-electron chi connectivity index (χ2n) is 6.77. The average Bonchev–Trinajstić information content (AvgIpc) is 2.88. The van der Waals surface area contributed by atoms with Crippen LogP contribution in [0.5, 0.6) is 0 Å². The van der Waals surface area contributed by atoms with Crippen LogP contribution in [0.1, 0.15) is 20.8 Å². The fourth-order valence-electron chi connectivity index (χ4n) is 3.75. The molecule has 3 rings (SSSR count). The molecule has 0 radical (unpaired) electrons. The number of aliphatic imine (C=N–C) groups is 1. The molecule has 24 heavy (non-hydrogen) atoms. The molecule has 0 aromatic carbocycles. The number of rotatable bonds is 3. The molecule has 0 bridgehead atoms. The smallest absolute Gasteiger partial charge is 0.333 e. The number of hydrogen-bond donors (Lipinski definition) is 0. The van der Waals surface area contributed by atoms with Gasteiger partial charge in [0, 0.05) is 27.2 Å². The lowest BCUT2D eigenvalue weighted by molar-refractivity contribution is -0.532. The third-order valence-electron chi connectivity index (χ3n) is 4.81. The van der Waals surface area contributed by atoms with E-state index in [1.807, 2.05) is 11.5 Å². The van der Waals surface area contributed by atoms with Gasteiger partial charge in [0.15, 0.2) is 0 Å². The summed E-state index contributed by atoms with van der Waals surface area (Å²) in [6.45, 7) is 9.14. The third kappa shape index (κ3) is 2.73. The summed E-state index contributed by atoms with van der Waals surface area (Å²) in [6, 6.07) is -0.825. The van der Waals surface area contributed by atoms with E-state index in [0.29, 0.717) is 18.9 Å². The van der Waals surface area contributed by atoms with Crippen molar-refractivity contribution < 1.29 is 18.9 Å². The molecule has 8 nitrogen and oxygen atoms in total. The van der Waals surface area contributed by atoms with Crippen LogP contribution in [0.2, 0.25) is 0 Å². The Balaban J connectivity index is 1.88. The summed E-state index contributed by atoms with van der Waals surface area (Å²) in [4.78, 5) is 34.3. The number of hydrogen-bond acceptors (Lipinski definition) is 5. The zero-order valence-electron chi connectivity index (χ0n) is 15.0. The Labute approximate surface area is 142 Å². The Bertz CT molecular complexity index is 619. The largest absolute Gasteiger partial charge is 0.373 e. The van der Waals surface area contributed by atoms with E-state index in [0.717, 1.165) is 18.9 Å². The van der Waals surface area contributed by atoms with E-state index in [4.69, 9.17) is 4.74 Å². The fourth-order valence-corrected chi connectivity index (χ4v) is 3.75. The second-order valence-corrected chi connectivity index (χ2v) is 6.77. The van der Waals surface area contributed by atoms with E-state index >= 15 is 0 Å². The summed E-state index contributed by atoms with van der Waals surface area (Å²) >= 11 is 0. The quantitative estimate of drug-likeness (QED) is 0.671. The molecule has 3 heterocycles. The van der Waals surface area contributed by atoms with Crippen molar-refractivity contribution in [1.29, 1.82) is 0 Å². The van der Waals surface area contributed by atoms with Crippen molar-refractivity contribution in [2.45, 2.75) is 39.0 Å². The van der Waals surface area contributed by atoms with E-state index in [2.05, 4.69) is 23.7 Å². The second kappa shape index (κ2) is 6.25. The highest BCUT2D eigenvalue weighted by Gasteiger charge is 2.52. The maximum Gasteiger partial charge on any atom is 0.333 e. The number of amidine groups is 2. The summed E-state index contributed by atoms with van der Waals surface area (Å²) in [6.07, 6.45) is 0.357. The summed E-state index contributed by atoms with van der Waals surface area (Å²) in [5, 5.41) is 0. The summed E-state index contributed by atoms with van der Waals surface area (Å²) in [5.74, 6) is 1.17. The zero-order valence-corrected chi connectivity index (χ0v) is 15.0. The van der Waals surface area contributed by atoms with E-state index < -0.39 is 6.04 Å². The number of carbonyl (C=O) groups is 2.